The Morgan fingerprint density at radius 1 is 1.20 bits per heavy atom. The van der Waals surface area contributed by atoms with Crippen LogP contribution < -0.4 is 5.32 Å². The molecule has 0 saturated heterocycles. The van der Waals surface area contributed by atoms with Crippen molar-refractivity contribution in [2.45, 2.75) is 6.04 Å². The maximum absolute atomic E-state index is 12.1. The van der Waals surface area contributed by atoms with Crippen molar-refractivity contribution in [3.63, 3.8) is 0 Å². The highest BCUT2D eigenvalue weighted by Gasteiger charge is 2.20. The first-order valence-corrected chi connectivity index (χ1v) is 6.85. The number of amides is 1. The molecule has 0 fully saturated rings. The molecule has 7 heteroatoms. The molecular weight excluding hydrogens is 274 g/mol. The van der Waals surface area contributed by atoms with Gasteiger partial charge >= 0.3 is 0 Å². The van der Waals surface area contributed by atoms with Gasteiger partial charge in [-0.1, -0.05) is 36.4 Å². The first-order chi connectivity index (χ1) is 9.84. The van der Waals surface area contributed by atoms with Gasteiger partial charge in [0.25, 0.3) is 11.7 Å². The number of aromatic amines is 1. The van der Waals surface area contributed by atoms with Crippen LogP contribution in [0, 0.1) is 0 Å². The van der Waals surface area contributed by atoms with E-state index in [1.165, 1.54) is 0 Å². The lowest BCUT2D eigenvalue weighted by Crippen LogP contribution is -2.29. The topological polar surface area (TPSA) is 83.6 Å². The summed E-state index contributed by atoms with van der Waals surface area (Å²) in [7, 11) is 0. The molecule has 0 aliphatic heterocycles. The molecule has 3 aromatic rings. The molecule has 100 valence electrons. The normalized spacial score (nSPS) is 12.0. The van der Waals surface area contributed by atoms with Crippen molar-refractivity contribution in [1.29, 1.82) is 0 Å². The summed E-state index contributed by atoms with van der Waals surface area (Å²) in [5.74, 6) is -0.330. The predicted molar refractivity (Wildman–Crippen MR) is 74.2 cm³/mol. The van der Waals surface area contributed by atoms with Gasteiger partial charge in [-0.2, -0.15) is 5.21 Å². The van der Waals surface area contributed by atoms with Gasteiger partial charge in [0.05, 0.1) is 6.04 Å². The Morgan fingerprint density at radius 3 is 2.70 bits per heavy atom. The Kier molecular flexibility index (Phi) is 3.51. The van der Waals surface area contributed by atoms with Gasteiger partial charge in [0.1, 0.15) is 0 Å². The van der Waals surface area contributed by atoms with Crippen LogP contribution in [0.1, 0.15) is 27.1 Å². The van der Waals surface area contributed by atoms with E-state index in [2.05, 4.69) is 25.9 Å². The Morgan fingerprint density at radius 2 is 2.05 bits per heavy atom. The van der Waals surface area contributed by atoms with Crippen LogP contribution in [0.4, 0.5) is 0 Å². The highest BCUT2D eigenvalue weighted by molar-refractivity contribution is 7.10. The third kappa shape index (κ3) is 2.57. The maximum Gasteiger partial charge on any atom is 0.293 e. The van der Waals surface area contributed by atoms with E-state index in [0.29, 0.717) is 0 Å². The molecule has 1 amide bonds. The molecule has 2 aromatic heterocycles. The number of thiophene rings is 1. The van der Waals surface area contributed by atoms with Crippen molar-refractivity contribution < 1.29 is 4.79 Å². The first-order valence-electron chi connectivity index (χ1n) is 5.97. The monoisotopic (exact) mass is 285 g/mol. The fourth-order valence-electron chi connectivity index (χ4n) is 1.87. The number of aromatic nitrogens is 4. The molecule has 0 aliphatic rings. The van der Waals surface area contributed by atoms with Crippen molar-refractivity contribution in [2.24, 2.45) is 0 Å². The van der Waals surface area contributed by atoms with E-state index in [1.807, 2.05) is 47.8 Å². The number of hydrogen-bond acceptors (Lipinski definition) is 5. The number of carbonyl (C=O) groups excluding carboxylic acids is 1. The third-order valence-corrected chi connectivity index (χ3v) is 3.72. The van der Waals surface area contributed by atoms with Crippen molar-refractivity contribution >= 4 is 17.2 Å². The summed E-state index contributed by atoms with van der Waals surface area (Å²) in [5, 5.41) is 17.9. The van der Waals surface area contributed by atoms with E-state index in [-0.39, 0.29) is 17.8 Å². The quantitative estimate of drug-likeness (QED) is 0.765. The fourth-order valence-corrected chi connectivity index (χ4v) is 2.68. The van der Waals surface area contributed by atoms with Crippen LogP contribution in [0.3, 0.4) is 0 Å². The van der Waals surface area contributed by atoms with E-state index in [9.17, 15) is 4.79 Å². The second-order valence-electron chi connectivity index (χ2n) is 4.07. The molecule has 0 radical (unpaired) electrons. The maximum atomic E-state index is 12.1. The lowest BCUT2D eigenvalue weighted by Gasteiger charge is -2.16. The van der Waals surface area contributed by atoms with E-state index in [1.54, 1.807) is 11.3 Å². The van der Waals surface area contributed by atoms with Gasteiger partial charge in [-0.25, -0.2) is 0 Å². The number of benzene rings is 1. The molecule has 2 N–H and O–H groups in total. The van der Waals surface area contributed by atoms with Crippen LogP contribution in [-0.4, -0.2) is 26.5 Å². The van der Waals surface area contributed by atoms with Gasteiger partial charge in [0.2, 0.25) is 0 Å². The highest BCUT2D eigenvalue weighted by atomic mass is 32.1. The molecule has 2 heterocycles. The van der Waals surface area contributed by atoms with Crippen molar-refractivity contribution in [2.75, 3.05) is 0 Å². The Balaban J connectivity index is 1.89. The van der Waals surface area contributed by atoms with Crippen LogP contribution in [0.15, 0.2) is 47.8 Å². The summed E-state index contributed by atoms with van der Waals surface area (Å²) < 4.78 is 0. The third-order valence-electron chi connectivity index (χ3n) is 2.78. The number of rotatable bonds is 4. The minimum absolute atomic E-state index is 0.0301. The smallest absolute Gasteiger partial charge is 0.293 e. The van der Waals surface area contributed by atoms with Gasteiger partial charge in [0, 0.05) is 4.88 Å². The molecule has 1 aromatic carbocycles. The number of carbonyl (C=O) groups is 1. The summed E-state index contributed by atoms with van der Waals surface area (Å²) >= 11 is 1.59. The lowest BCUT2D eigenvalue weighted by atomic mass is 10.1. The molecule has 6 nitrogen and oxygen atoms in total. The van der Waals surface area contributed by atoms with E-state index in [4.69, 9.17) is 0 Å². The van der Waals surface area contributed by atoms with E-state index >= 15 is 0 Å². The molecule has 20 heavy (non-hydrogen) atoms. The SMILES string of the molecule is O=C(NC(c1ccccc1)c1cccs1)c1nn[nH]n1. The lowest BCUT2D eigenvalue weighted by molar-refractivity contribution is 0.0933. The number of nitrogens with one attached hydrogen (secondary N) is 2. The summed E-state index contributed by atoms with van der Waals surface area (Å²) in [6.45, 7) is 0. The van der Waals surface area contributed by atoms with E-state index < -0.39 is 0 Å². The summed E-state index contributed by atoms with van der Waals surface area (Å²) in [4.78, 5) is 13.1. The molecule has 0 spiro atoms. The Bertz CT molecular complexity index is 666. The van der Waals surface area contributed by atoms with Crippen LogP contribution in [0.5, 0.6) is 0 Å². The first kappa shape index (κ1) is 12.5. The van der Waals surface area contributed by atoms with Crippen LogP contribution in [0.25, 0.3) is 0 Å². The average molecular weight is 285 g/mol. The number of hydrogen-bond donors (Lipinski definition) is 2. The second kappa shape index (κ2) is 5.62. The Hall–Kier alpha value is -2.54. The largest absolute Gasteiger partial charge is 0.337 e. The van der Waals surface area contributed by atoms with Gasteiger partial charge in [-0.05, 0) is 22.2 Å². The molecule has 1 unspecified atom stereocenters. The van der Waals surface area contributed by atoms with Gasteiger partial charge in [0.15, 0.2) is 0 Å². The van der Waals surface area contributed by atoms with E-state index in [0.717, 1.165) is 10.4 Å². The average Bonchev–Trinajstić information content (AvgIpc) is 3.18. The number of H-pyrrole nitrogens is 1. The zero-order valence-electron chi connectivity index (χ0n) is 10.4. The van der Waals surface area contributed by atoms with Crippen molar-refractivity contribution in [3.8, 4) is 0 Å². The van der Waals surface area contributed by atoms with Gasteiger partial charge < -0.3 is 5.32 Å². The second-order valence-corrected chi connectivity index (χ2v) is 5.05. The Labute approximate surface area is 118 Å². The standard InChI is InChI=1S/C13H11N5OS/c19-13(12-15-17-18-16-12)14-11(10-7-4-8-20-10)9-5-2-1-3-6-9/h1-8,11H,(H,14,19)(H,15,16,17,18). The molecule has 0 bridgehead atoms. The predicted octanol–water partition coefficient (Wildman–Crippen LogP) is 1.78. The van der Waals surface area contributed by atoms with Crippen molar-refractivity contribution in [1.82, 2.24) is 25.9 Å². The summed E-state index contributed by atoms with van der Waals surface area (Å²) in [5.41, 5.74) is 1.01. The fraction of sp³-hybridized carbons (Fsp3) is 0.0769. The molecule has 0 aliphatic carbocycles. The number of tetrazole rings is 1. The molecule has 3 rings (SSSR count). The summed E-state index contributed by atoms with van der Waals surface area (Å²) in [6, 6.07) is 13.5. The van der Waals surface area contributed by atoms with Crippen molar-refractivity contribution in [3.05, 3.63) is 64.1 Å². The van der Waals surface area contributed by atoms with Gasteiger partial charge in [-0.3, -0.25) is 4.79 Å². The van der Waals surface area contributed by atoms with Crippen LogP contribution >= 0.6 is 11.3 Å². The summed E-state index contributed by atoms with van der Waals surface area (Å²) in [6.07, 6.45) is 0. The van der Waals surface area contributed by atoms with Crippen LogP contribution in [0.2, 0.25) is 0 Å². The van der Waals surface area contributed by atoms with Crippen LogP contribution in [-0.2, 0) is 0 Å². The minimum Gasteiger partial charge on any atom is -0.337 e. The zero-order valence-corrected chi connectivity index (χ0v) is 11.2. The molecule has 1 atom stereocenters. The van der Waals surface area contributed by atoms with Gasteiger partial charge in [-0.15, -0.1) is 21.5 Å². The molecule has 0 saturated carbocycles. The minimum atomic E-state index is -0.360. The zero-order chi connectivity index (χ0) is 13.8. The number of nitrogens with zero attached hydrogens (tertiary/aromatic N) is 3. The highest BCUT2D eigenvalue weighted by Crippen LogP contribution is 2.25. The molecular formula is C13H11N5OS.